The highest BCUT2D eigenvalue weighted by Gasteiger charge is 2.16. The van der Waals surface area contributed by atoms with Crippen molar-refractivity contribution < 1.29 is 23.1 Å². The van der Waals surface area contributed by atoms with Gasteiger partial charge in [0.1, 0.15) is 0 Å². The van der Waals surface area contributed by atoms with E-state index in [1.165, 1.54) is 29.8 Å². The number of carbonyl (C=O) groups is 2. The minimum atomic E-state index is -0.956. The van der Waals surface area contributed by atoms with Crippen LogP contribution in [0.15, 0.2) is 18.2 Å². The molecule has 1 aromatic rings. The Labute approximate surface area is 132 Å². The third kappa shape index (κ3) is 6.01. The second-order valence-electron chi connectivity index (χ2n) is 4.63. The Hall–Kier alpha value is -1.63. The largest absolute Gasteiger partial charge is 0.469 e. The average Bonchev–Trinajstić information content (AvgIpc) is 2.51. The predicted molar refractivity (Wildman–Crippen MR) is 81.4 cm³/mol. The molecule has 1 aromatic carbocycles. The van der Waals surface area contributed by atoms with Crippen molar-refractivity contribution in [2.75, 3.05) is 25.7 Å². The molecule has 7 heteroatoms. The molecule has 0 saturated carbocycles. The molecule has 1 amide bonds. The van der Waals surface area contributed by atoms with Gasteiger partial charge in [-0.1, -0.05) is 6.07 Å². The smallest absolute Gasteiger partial charge is 0.307 e. The Bertz CT molecular complexity index is 526. The van der Waals surface area contributed by atoms with E-state index in [1.54, 1.807) is 0 Å². The van der Waals surface area contributed by atoms with Gasteiger partial charge >= 0.3 is 5.97 Å². The van der Waals surface area contributed by atoms with Gasteiger partial charge in [-0.25, -0.2) is 8.78 Å². The Morgan fingerprint density at radius 3 is 2.55 bits per heavy atom. The number of amides is 1. The van der Waals surface area contributed by atoms with Crippen LogP contribution in [0.4, 0.5) is 8.78 Å². The van der Waals surface area contributed by atoms with Gasteiger partial charge in [-0.2, -0.15) is 11.8 Å². The molecule has 0 fully saturated rings. The van der Waals surface area contributed by atoms with Gasteiger partial charge in [-0.3, -0.25) is 9.59 Å². The SMILES string of the molecule is COC(=O)CCN(Cc1ccc(F)c(F)c1)C(=O)CCSC. The number of nitrogens with zero attached hydrogens (tertiary/aromatic N) is 1. The zero-order chi connectivity index (χ0) is 16.5. The van der Waals surface area contributed by atoms with Gasteiger partial charge in [-0.15, -0.1) is 0 Å². The third-order valence-corrected chi connectivity index (χ3v) is 3.66. The van der Waals surface area contributed by atoms with Gasteiger partial charge in [-0.05, 0) is 24.0 Å². The van der Waals surface area contributed by atoms with E-state index < -0.39 is 17.6 Å². The summed E-state index contributed by atoms with van der Waals surface area (Å²) < 4.78 is 30.7. The summed E-state index contributed by atoms with van der Waals surface area (Å²) in [6, 6.07) is 3.50. The van der Waals surface area contributed by atoms with Gasteiger partial charge in [0.25, 0.3) is 0 Å². The van der Waals surface area contributed by atoms with Gasteiger partial charge in [0, 0.05) is 25.3 Å². The normalized spacial score (nSPS) is 10.4. The lowest BCUT2D eigenvalue weighted by Crippen LogP contribution is -2.33. The van der Waals surface area contributed by atoms with Crippen LogP contribution in [0.25, 0.3) is 0 Å². The van der Waals surface area contributed by atoms with E-state index in [-0.39, 0.29) is 25.4 Å². The first-order chi connectivity index (χ1) is 10.5. The molecule has 0 aromatic heterocycles. The van der Waals surface area contributed by atoms with E-state index in [0.717, 1.165) is 12.1 Å². The first-order valence-corrected chi connectivity index (χ1v) is 8.14. The maximum Gasteiger partial charge on any atom is 0.307 e. The number of carbonyl (C=O) groups excluding carboxylic acids is 2. The molecule has 0 heterocycles. The fraction of sp³-hybridized carbons (Fsp3) is 0.467. The quantitative estimate of drug-likeness (QED) is 0.687. The van der Waals surface area contributed by atoms with Crippen LogP contribution in [0.5, 0.6) is 0 Å². The minimum absolute atomic E-state index is 0.0607. The Morgan fingerprint density at radius 1 is 1.23 bits per heavy atom. The number of benzene rings is 1. The summed E-state index contributed by atoms with van der Waals surface area (Å²) in [5, 5.41) is 0. The predicted octanol–water partition coefficient (Wildman–Crippen LogP) is 2.61. The first-order valence-electron chi connectivity index (χ1n) is 6.75. The van der Waals surface area contributed by atoms with Crippen LogP contribution in [0.2, 0.25) is 0 Å². The highest BCUT2D eigenvalue weighted by Crippen LogP contribution is 2.13. The zero-order valence-corrected chi connectivity index (χ0v) is 13.4. The van der Waals surface area contributed by atoms with Crippen LogP contribution in [0, 0.1) is 11.6 Å². The van der Waals surface area contributed by atoms with Crippen LogP contribution < -0.4 is 0 Å². The Morgan fingerprint density at radius 2 is 1.95 bits per heavy atom. The molecule has 0 aliphatic heterocycles. The average molecular weight is 331 g/mol. The number of rotatable bonds is 8. The summed E-state index contributed by atoms with van der Waals surface area (Å²) in [5.41, 5.74) is 0.473. The van der Waals surface area contributed by atoms with Gasteiger partial charge in [0.2, 0.25) is 5.91 Å². The Balaban J connectivity index is 2.76. The molecule has 4 nitrogen and oxygen atoms in total. The van der Waals surface area contributed by atoms with Crippen molar-refractivity contribution in [3.63, 3.8) is 0 Å². The number of methoxy groups -OCH3 is 1. The second-order valence-corrected chi connectivity index (χ2v) is 5.62. The van der Waals surface area contributed by atoms with Crippen LogP contribution in [0.1, 0.15) is 18.4 Å². The molecule has 0 aliphatic rings. The highest BCUT2D eigenvalue weighted by atomic mass is 32.2. The van der Waals surface area contributed by atoms with Crippen molar-refractivity contribution in [1.29, 1.82) is 0 Å². The fourth-order valence-electron chi connectivity index (χ4n) is 1.83. The summed E-state index contributed by atoms with van der Waals surface area (Å²) in [5.74, 6) is -1.79. The topological polar surface area (TPSA) is 46.6 Å². The van der Waals surface area contributed by atoms with Crippen molar-refractivity contribution >= 4 is 23.6 Å². The van der Waals surface area contributed by atoms with E-state index in [4.69, 9.17) is 0 Å². The summed E-state index contributed by atoms with van der Waals surface area (Å²) in [6.07, 6.45) is 2.28. The van der Waals surface area contributed by atoms with Crippen LogP contribution >= 0.6 is 11.8 Å². The lowest BCUT2D eigenvalue weighted by atomic mass is 10.2. The van der Waals surface area contributed by atoms with E-state index >= 15 is 0 Å². The third-order valence-electron chi connectivity index (χ3n) is 3.04. The van der Waals surface area contributed by atoms with Crippen molar-refractivity contribution in [2.45, 2.75) is 19.4 Å². The molecule has 0 spiro atoms. The molecular weight excluding hydrogens is 312 g/mol. The summed E-state index contributed by atoms with van der Waals surface area (Å²) in [7, 11) is 1.28. The van der Waals surface area contributed by atoms with Crippen molar-refractivity contribution in [1.82, 2.24) is 4.90 Å². The van der Waals surface area contributed by atoms with Gasteiger partial charge in [0.05, 0.1) is 13.5 Å². The molecule has 0 saturated heterocycles. The number of hydrogen-bond donors (Lipinski definition) is 0. The van der Waals surface area contributed by atoms with Crippen molar-refractivity contribution in [3.05, 3.63) is 35.4 Å². The lowest BCUT2D eigenvalue weighted by molar-refractivity contribution is -0.141. The van der Waals surface area contributed by atoms with E-state index in [1.807, 2.05) is 6.26 Å². The number of ether oxygens (including phenoxy) is 1. The van der Waals surface area contributed by atoms with Crippen molar-refractivity contribution in [3.8, 4) is 0 Å². The van der Waals surface area contributed by atoms with Crippen molar-refractivity contribution in [2.24, 2.45) is 0 Å². The van der Waals surface area contributed by atoms with E-state index in [2.05, 4.69) is 4.74 Å². The van der Waals surface area contributed by atoms with Gasteiger partial charge < -0.3 is 9.64 Å². The standard InChI is InChI=1S/C15H19F2NO3S/c1-21-15(20)5-7-18(14(19)6-8-22-2)10-11-3-4-12(16)13(17)9-11/h3-4,9H,5-8,10H2,1-2H3. The Kier molecular flexibility index (Phi) is 7.87. The summed E-state index contributed by atoms with van der Waals surface area (Å²) >= 11 is 1.54. The highest BCUT2D eigenvalue weighted by molar-refractivity contribution is 7.98. The second kappa shape index (κ2) is 9.40. The molecule has 22 heavy (non-hydrogen) atoms. The monoisotopic (exact) mass is 331 g/mol. The first kappa shape index (κ1) is 18.4. The summed E-state index contributed by atoms with van der Waals surface area (Å²) in [6.45, 7) is 0.306. The maximum atomic E-state index is 13.2. The van der Waals surface area contributed by atoms with E-state index in [0.29, 0.717) is 17.7 Å². The fourth-order valence-corrected chi connectivity index (χ4v) is 2.20. The molecule has 0 unspecified atom stereocenters. The molecular formula is C15H19F2NO3S. The molecule has 0 aliphatic carbocycles. The van der Waals surface area contributed by atoms with E-state index in [9.17, 15) is 18.4 Å². The van der Waals surface area contributed by atoms with Gasteiger partial charge in [0.15, 0.2) is 11.6 Å². The number of halogens is 2. The molecule has 122 valence electrons. The van der Waals surface area contributed by atoms with Crippen LogP contribution in [0.3, 0.4) is 0 Å². The molecule has 0 bridgehead atoms. The molecule has 0 N–H and O–H groups in total. The zero-order valence-electron chi connectivity index (χ0n) is 12.6. The lowest BCUT2D eigenvalue weighted by Gasteiger charge is -2.22. The minimum Gasteiger partial charge on any atom is -0.469 e. The number of esters is 1. The molecule has 1 rings (SSSR count). The molecule has 0 atom stereocenters. The molecule has 0 radical (unpaired) electrons. The number of thioether (sulfide) groups is 1. The number of hydrogen-bond acceptors (Lipinski definition) is 4. The maximum absolute atomic E-state index is 13.2. The van der Waals surface area contributed by atoms with Crippen LogP contribution in [-0.2, 0) is 20.9 Å². The summed E-state index contributed by atoms with van der Waals surface area (Å²) in [4.78, 5) is 24.8. The van der Waals surface area contributed by atoms with Crippen LogP contribution in [-0.4, -0.2) is 42.4 Å².